The van der Waals surface area contributed by atoms with E-state index < -0.39 is 0 Å². The lowest BCUT2D eigenvalue weighted by Crippen LogP contribution is -2.01. The van der Waals surface area contributed by atoms with Crippen LogP contribution in [0.4, 0.5) is 0 Å². The maximum Gasteiger partial charge on any atom is 0.164 e. The highest BCUT2D eigenvalue weighted by molar-refractivity contribution is 6.13. The molecular formula is C45H27N3O. The predicted molar refractivity (Wildman–Crippen MR) is 201 cm³/mol. The van der Waals surface area contributed by atoms with Crippen molar-refractivity contribution < 1.29 is 4.42 Å². The number of fused-ring (bicyclic) bond motifs is 6. The molecule has 0 spiro atoms. The molecule has 228 valence electrons. The molecule has 0 unspecified atom stereocenters. The van der Waals surface area contributed by atoms with E-state index in [-0.39, 0.29) is 0 Å². The minimum absolute atomic E-state index is 0.597. The first-order valence-corrected chi connectivity index (χ1v) is 16.4. The summed E-state index contributed by atoms with van der Waals surface area (Å²) in [4.78, 5) is 15.7. The van der Waals surface area contributed by atoms with Crippen LogP contribution in [0.5, 0.6) is 0 Å². The van der Waals surface area contributed by atoms with Crippen LogP contribution in [0.1, 0.15) is 0 Å². The summed E-state index contributed by atoms with van der Waals surface area (Å²) in [6, 6.07) is 57.0. The van der Waals surface area contributed by atoms with Crippen molar-refractivity contribution in [2.75, 3.05) is 0 Å². The minimum atomic E-state index is 0.597. The quantitative estimate of drug-likeness (QED) is 0.195. The maximum atomic E-state index is 6.53. The van der Waals surface area contributed by atoms with Crippen LogP contribution in [0.25, 0.3) is 99.5 Å². The Morgan fingerprint density at radius 3 is 1.67 bits per heavy atom. The predicted octanol–water partition coefficient (Wildman–Crippen LogP) is 11.9. The normalized spacial score (nSPS) is 11.7. The smallest absolute Gasteiger partial charge is 0.164 e. The standard InChI is InChI=1S/C45H27N3O/c1-3-13-31-24-33(22-20-28(31)10-1)35-26-39(42-38-17-7-8-19-40(38)49-41(42)27-35)45-47-43(34-23-21-29-11-2-4-14-32(29)25-34)46-44(48-45)37-18-9-15-30-12-5-6-16-36(30)37/h1-27H. The van der Waals surface area contributed by atoms with E-state index in [0.717, 1.165) is 65.9 Å². The van der Waals surface area contributed by atoms with Gasteiger partial charge in [0, 0.05) is 27.5 Å². The first kappa shape index (κ1) is 27.5. The van der Waals surface area contributed by atoms with Crippen LogP contribution in [-0.4, -0.2) is 15.0 Å². The molecule has 49 heavy (non-hydrogen) atoms. The second-order valence-corrected chi connectivity index (χ2v) is 12.5. The number of nitrogens with zero attached hydrogens (tertiary/aromatic N) is 3. The summed E-state index contributed by atoms with van der Waals surface area (Å²) >= 11 is 0. The van der Waals surface area contributed by atoms with Crippen molar-refractivity contribution in [1.29, 1.82) is 0 Å². The summed E-state index contributed by atoms with van der Waals surface area (Å²) < 4.78 is 6.53. The summed E-state index contributed by atoms with van der Waals surface area (Å²) in [7, 11) is 0. The molecule has 0 amide bonds. The third-order valence-corrected chi connectivity index (χ3v) is 9.48. The van der Waals surface area contributed by atoms with Crippen LogP contribution in [0, 0.1) is 0 Å². The summed E-state index contributed by atoms with van der Waals surface area (Å²) in [5.74, 6) is 1.85. The highest BCUT2D eigenvalue weighted by atomic mass is 16.3. The van der Waals surface area contributed by atoms with E-state index in [9.17, 15) is 0 Å². The van der Waals surface area contributed by atoms with Gasteiger partial charge < -0.3 is 4.42 Å². The van der Waals surface area contributed by atoms with Gasteiger partial charge in [-0.25, -0.2) is 15.0 Å². The van der Waals surface area contributed by atoms with Crippen LogP contribution in [0.3, 0.4) is 0 Å². The summed E-state index contributed by atoms with van der Waals surface area (Å²) in [5, 5.41) is 8.93. The minimum Gasteiger partial charge on any atom is -0.456 e. The Morgan fingerprint density at radius 1 is 0.327 bits per heavy atom. The number of furan rings is 1. The average Bonchev–Trinajstić information content (AvgIpc) is 3.55. The van der Waals surface area contributed by atoms with Gasteiger partial charge in [-0.05, 0) is 73.8 Å². The van der Waals surface area contributed by atoms with E-state index in [0.29, 0.717) is 17.5 Å². The average molecular weight is 626 g/mol. The van der Waals surface area contributed by atoms with Crippen molar-refractivity contribution in [2.24, 2.45) is 0 Å². The molecule has 0 radical (unpaired) electrons. The molecule has 10 rings (SSSR count). The molecule has 0 saturated carbocycles. The van der Waals surface area contributed by atoms with Crippen LogP contribution in [0.15, 0.2) is 168 Å². The second-order valence-electron chi connectivity index (χ2n) is 12.5. The van der Waals surface area contributed by atoms with Gasteiger partial charge in [0.15, 0.2) is 17.5 Å². The lowest BCUT2D eigenvalue weighted by Gasteiger charge is -2.13. The molecule has 0 saturated heterocycles. The van der Waals surface area contributed by atoms with E-state index >= 15 is 0 Å². The molecule has 0 aliphatic rings. The van der Waals surface area contributed by atoms with Crippen molar-refractivity contribution in [3.63, 3.8) is 0 Å². The highest BCUT2D eigenvalue weighted by Gasteiger charge is 2.20. The van der Waals surface area contributed by atoms with Crippen molar-refractivity contribution >= 4 is 54.3 Å². The van der Waals surface area contributed by atoms with E-state index in [2.05, 4.69) is 146 Å². The SMILES string of the molecule is c1ccc2cc(-c3cc(-c4nc(-c5ccc6ccccc6c5)nc(-c5cccc6ccccc56)n4)c4c(c3)oc3ccccc34)ccc2c1. The zero-order valence-electron chi connectivity index (χ0n) is 26.3. The van der Waals surface area contributed by atoms with Gasteiger partial charge >= 0.3 is 0 Å². The first-order valence-electron chi connectivity index (χ1n) is 16.4. The second kappa shape index (κ2) is 11.0. The number of hydrogen-bond acceptors (Lipinski definition) is 4. The lowest BCUT2D eigenvalue weighted by atomic mass is 9.96. The Hall–Kier alpha value is -6.65. The topological polar surface area (TPSA) is 51.8 Å². The number of benzene rings is 8. The van der Waals surface area contributed by atoms with Gasteiger partial charge in [0.25, 0.3) is 0 Å². The molecule has 0 fully saturated rings. The van der Waals surface area contributed by atoms with Gasteiger partial charge in [0.1, 0.15) is 11.2 Å². The number of para-hydroxylation sites is 1. The van der Waals surface area contributed by atoms with Crippen LogP contribution in [-0.2, 0) is 0 Å². The van der Waals surface area contributed by atoms with Crippen molar-refractivity contribution in [3.8, 4) is 45.3 Å². The monoisotopic (exact) mass is 625 g/mol. The zero-order chi connectivity index (χ0) is 32.3. The Kier molecular flexibility index (Phi) is 6.15. The molecule has 0 N–H and O–H groups in total. The van der Waals surface area contributed by atoms with Crippen molar-refractivity contribution in [1.82, 2.24) is 15.0 Å². The Balaban J connectivity index is 1.28. The molecule has 0 aliphatic carbocycles. The molecule has 10 aromatic rings. The highest BCUT2D eigenvalue weighted by Crippen LogP contribution is 2.40. The molecular weight excluding hydrogens is 599 g/mol. The van der Waals surface area contributed by atoms with Gasteiger partial charge in [-0.3, -0.25) is 0 Å². The fraction of sp³-hybridized carbons (Fsp3) is 0. The molecule has 0 atom stereocenters. The Morgan fingerprint density at radius 2 is 0.898 bits per heavy atom. The van der Waals surface area contributed by atoms with Gasteiger partial charge in [-0.1, -0.05) is 133 Å². The number of aromatic nitrogens is 3. The third kappa shape index (κ3) is 4.65. The van der Waals surface area contributed by atoms with E-state index in [1.807, 2.05) is 18.2 Å². The first-order chi connectivity index (χ1) is 24.2. The summed E-state index contributed by atoms with van der Waals surface area (Å²) in [6.45, 7) is 0. The van der Waals surface area contributed by atoms with Gasteiger partial charge in [0.2, 0.25) is 0 Å². The summed E-state index contributed by atoms with van der Waals surface area (Å²) in [5.41, 5.74) is 6.54. The summed E-state index contributed by atoms with van der Waals surface area (Å²) in [6.07, 6.45) is 0. The third-order valence-electron chi connectivity index (χ3n) is 9.48. The fourth-order valence-electron chi connectivity index (χ4n) is 7.06. The van der Waals surface area contributed by atoms with Gasteiger partial charge in [-0.15, -0.1) is 0 Å². The van der Waals surface area contributed by atoms with Gasteiger partial charge in [0.05, 0.1) is 0 Å². The molecule has 0 bridgehead atoms. The molecule has 2 aromatic heterocycles. The fourth-order valence-corrected chi connectivity index (χ4v) is 7.06. The van der Waals surface area contributed by atoms with E-state index in [1.165, 1.54) is 16.2 Å². The zero-order valence-corrected chi connectivity index (χ0v) is 26.3. The molecule has 4 nitrogen and oxygen atoms in total. The van der Waals surface area contributed by atoms with Crippen LogP contribution < -0.4 is 0 Å². The molecule has 2 heterocycles. The largest absolute Gasteiger partial charge is 0.456 e. The molecule has 0 aliphatic heterocycles. The van der Waals surface area contributed by atoms with Crippen LogP contribution >= 0.6 is 0 Å². The molecule has 8 aromatic carbocycles. The lowest BCUT2D eigenvalue weighted by molar-refractivity contribution is 0.669. The maximum absolute atomic E-state index is 6.53. The van der Waals surface area contributed by atoms with E-state index in [4.69, 9.17) is 19.4 Å². The Bertz CT molecular complexity index is 2900. The van der Waals surface area contributed by atoms with Crippen molar-refractivity contribution in [2.45, 2.75) is 0 Å². The Labute approximate surface area is 282 Å². The number of hydrogen-bond donors (Lipinski definition) is 0. The van der Waals surface area contributed by atoms with Gasteiger partial charge in [-0.2, -0.15) is 0 Å². The molecule has 4 heteroatoms. The van der Waals surface area contributed by atoms with E-state index in [1.54, 1.807) is 0 Å². The number of rotatable bonds is 4. The van der Waals surface area contributed by atoms with Crippen molar-refractivity contribution in [3.05, 3.63) is 164 Å². The van der Waals surface area contributed by atoms with Crippen LogP contribution in [0.2, 0.25) is 0 Å².